The standard InChI is InChI=1S/C20H19BrN2O4S/c1-11-18(14-7-6-13(25-2)10-17(14)27-4)22-20(28-11)23-19(24)12-5-8-16(26-3)15(21)9-12/h5-10H,1-4H3,(H,22,23,24). The number of halogens is 1. The van der Waals surface area contributed by atoms with Crippen LogP contribution in [-0.2, 0) is 0 Å². The number of hydrogen-bond donors (Lipinski definition) is 1. The largest absolute Gasteiger partial charge is 0.497 e. The van der Waals surface area contributed by atoms with Crippen LogP contribution in [0.4, 0.5) is 5.13 Å². The lowest BCUT2D eigenvalue weighted by Gasteiger charge is -2.09. The van der Waals surface area contributed by atoms with Gasteiger partial charge in [-0.1, -0.05) is 0 Å². The maximum atomic E-state index is 12.6. The predicted molar refractivity (Wildman–Crippen MR) is 114 cm³/mol. The zero-order chi connectivity index (χ0) is 20.3. The molecule has 6 nitrogen and oxygen atoms in total. The summed E-state index contributed by atoms with van der Waals surface area (Å²) >= 11 is 4.80. The first-order valence-electron chi connectivity index (χ1n) is 8.31. The quantitative estimate of drug-likeness (QED) is 0.547. The minimum atomic E-state index is -0.245. The van der Waals surface area contributed by atoms with Gasteiger partial charge in [0.1, 0.15) is 17.2 Å². The summed E-state index contributed by atoms with van der Waals surface area (Å²) in [6, 6.07) is 10.7. The molecule has 0 aliphatic carbocycles. The highest BCUT2D eigenvalue weighted by Gasteiger charge is 2.17. The molecule has 2 aromatic carbocycles. The third kappa shape index (κ3) is 4.13. The number of aromatic nitrogens is 1. The molecule has 1 amide bonds. The van der Waals surface area contributed by atoms with Crippen LogP contribution >= 0.6 is 27.3 Å². The molecule has 146 valence electrons. The number of anilines is 1. The predicted octanol–water partition coefficient (Wildman–Crippen LogP) is 5.16. The maximum absolute atomic E-state index is 12.6. The first-order valence-corrected chi connectivity index (χ1v) is 9.92. The summed E-state index contributed by atoms with van der Waals surface area (Å²) in [5, 5.41) is 3.37. The number of nitrogens with zero attached hydrogens (tertiary/aromatic N) is 1. The number of ether oxygens (including phenoxy) is 3. The highest BCUT2D eigenvalue weighted by atomic mass is 79.9. The van der Waals surface area contributed by atoms with E-state index in [1.165, 1.54) is 11.3 Å². The maximum Gasteiger partial charge on any atom is 0.257 e. The molecule has 0 atom stereocenters. The fourth-order valence-corrected chi connectivity index (χ4v) is 4.03. The van der Waals surface area contributed by atoms with Gasteiger partial charge in [-0.15, -0.1) is 11.3 Å². The Morgan fingerprint density at radius 1 is 1.04 bits per heavy atom. The summed E-state index contributed by atoms with van der Waals surface area (Å²) in [6.07, 6.45) is 0. The van der Waals surface area contributed by atoms with E-state index in [1.807, 2.05) is 19.1 Å². The van der Waals surface area contributed by atoms with Gasteiger partial charge in [0.2, 0.25) is 0 Å². The average molecular weight is 463 g/mol. The molecule has 1 N–H and O–H groups in total. The minimum Gasteiger partial charge on any atom is -0.497 e. The van der Waals surface area contributed by atoms with Gasteiger partial charge in [-0.2, -0.15) is 0 Å². The van der Waals surface area contributed by atoms with Gasteiger partial charge in [0.15, 0.2) is 5.13 Å². The first-order chi connectivity index (χ1) is 13.5. The third-order valence-electron chi connectivity index (χ3n) is 4.09. The van der Waals surface area contributed by atoms with Crippen molar-refractivity contribution < 1.29 is 19.0 Å². The lowest BCUT2D eigenvalue weighted by molar-refractivity contribution is 0.102. The third-order valence-corrected chi connectivity index (χ3v) is 5.60. The summed E-state index contributed by atoms with van der Waals surface area (Å²) in [7, 11) is 4.78. The zero-order valence-corrected chi connectivity index (χ0v) is 18.2. The van der Waals surface area contributed by atoms with Crippen LogP contribution in [0.1, 0.15) is 15.2 Å². The van der Waals surface area contributed by atoms with Gasteiger partial charge >= 0.3 is 0 Å². The van der Waals surface area contributed by atoms with Crippen LogP contribution in [0.5, 0.6) is 17.2 Å². The van der Waals surface area contributed by atoms with Crippen molar-refractivity contribution in [2.24, 2.45) is 0 Å². The van der Waals surface area contributed by atoms with Crippen LogP contribution in [0.3, 0.4) is 0 Å². The monoisotopic (exact) mass is 462 g/mol. The van der Waals surface area contributed by atoms with Crippen molar-refractivity contribution in [2.45, 2.75) is 6.92 Å². The molecule has 3 rings (SSSR count). The van der Waals surface area contributed by atoms with Crippen molar-refractivity contribution in [1.29, 1.82) is 0 Å². The van der Waals surface area contributed by atoms with Crippen LogP contribution in [0.25, 0.3) is 11.3 Å². The molecule has 1 aromatic heterocycles. The first kappa shape index (κ1) is 20.2. The fraction of sp³-hybridized carbons (Fsp3) is 0.200. The molecule has 0 spiro atoms. The Labute approximate surface area is 175 Å². The molecular weight excluding hydrogens is 444 g/mol. The summed E-state index contributed by atoms with van der Waals surface area (Å²) in [5.74, 6) is 1.78. The molecule has 8 heteroatoms. The highest BCUT2D eigenvalue weighted by molar-refractivity contribution is 9.10. The van der Waals surface area contributed by atoms with Crippen molar-refractivity contribution in [3.8, 4) is 28.5 Å². The molecule has 0 saturated heterocycles. The second kappa shape index (κ2) is 8.62. The Balaban J connectivity index is 1.87. The van der Waals surface area contributed by atoms with Gasteiger partial charge in [0.25, 0.3) is 5.91 Å². The molecule has 28 heavy (non-hydrogen) atoms. The number of amides is 1. The van der Waals surface area contributed by atoms with Crippen LogP contribution in [0.2, 0.25) is 0 Å². The number of methoxy groups -OCH3 is 3. The van der Waals surface area contributed by atoms with Gasteiger partial charge in [-0.3, -0.25) is 10.1 Å². The Morgan fingerprint density at radius 3 is 2.43 bits per heavy atom. The van der Waals surface area contributed by atoms with E-state index in [9.17, 15) is 4.79 Å². The van der Waals surface area contributed by atoms with Gasteiger partial charge < -0.3 is 14.2 Å². The number of thiazole rings is 1. The number of rotatable bonds is 6. The van der Waals surface area contributed by atoms with Crippen molar-refractivity contribution in [3.05, 3.63) is 51.3 Å². The normalized spacial score (nSPS) is 10.5. The molecule has 0 aliphatic rings. The van der Waals surface area contributed by atoms with Crippen LogP contribution in [0.15, 0.2) is 40.9 Å². The summed E-state index contributed by atoms with van der Waals surface area (Å²) in [6.45, 7) is 1.95. The van der Waals surface area contributed by atoms with E-state index in [2.05, 4.69) is 26.2 Å². The van der Waals surface area contributed by atoms with Crippen LogP contribution < -0.4 is 19.5 Å². The topological polar surface area (TPSA) is 69.7 Å². The number of hydrogen-bond acceptors (Lipinski definition) is 6. The molecule has 0 radical (unpaired) electrons. The number of benzene rings is 2. The lowest BCUT2D eigenvalue weighted by atomic mass is 10.1. The second-order valence-electron chi connectivity index (χ2n) is 5.79. The van der Waals surface area contributed by atoms with E-state index in [4.69, 9.17) is 14.2 Å². The molecule has 0 bridgehead atoms. The molecule has 0 saturated carbocycles. The van der Waals surface area contributed by atoms with Crippen molar-refractivity contribution in [3.63, 3.8) is 0 Å². The van der Waals surface area contributed by atoms with E-state index >= 15 is 0 Å². The van der Waals surface area contributed by atoms with E-state index in [1.54, 1.807) is 45.6 Å². The Bertz CT molecular complexity index is 1020. The minimum absolute atomic E-state index is 0.245. The highest BCUT2D eigenvalue weighted by Crippen LogP contribution is 2.38. The van der Waals surface area contributed by atoms with Gasteiger partial charge in [-0.25, -0.2) is 4.98 Å². The zero-order valence-electron chi connectivity index (χ0n) is 15.8. The molecular formula is C20H19BrN2O4S. The SMILES string of the molecule is COc1ccc(-c2nc(NC(=O)c3ccc(OC)c(Br)c3)sc2C)c(OC)c1. The van der Waals surface area contributed by atoms with E-state index < -0.39 is 0 Å². The molecule has 0 fully saturated rings. The van der Waals surface area contributed by atoms with Crippen LogP contribution in [-0.4, -0.2) is 32.2 Å². The van der Waals surface area contributed by atoms with Gasteiger partial charge in [-0.05, 0) is 53.2 Å². The molecule has 0 aliphatic heterocycles. The second-order valence-corrected chi connectivity index (χ2v) is 7.85. The van der Waals surface area contributed by atoms with E-state index in [0.717, 1.165) is 16.1 Å². The van der Waals surface area contributed by atoms with Gasteiger partial charge in [0.05, 0.1) is 31.5 Å². The van der Waals surface area contributed by atoms with E-state index in [-0.39, 0.29) is 5.91 Å². The van der Waals surface area contributed by atoms with Crippen molar-refractivity contribution >= 4 is 38.3 Å². The smallest absolute Gasteiger partial charge is 0.257 e. The summed E-state index contributed by atoms with van der Waals surface area (Å²) in [5.41, 5.74) is 2.10. The Hall–Kier alpha value is -2.58. The number of nitrogens with one attached hydrogen (secondary N) is 1. The van der Waals surface area contributed by atoms with Gasteiger partial charge in [0, 0.05) is 22.1 Å². The lowest BCUT2D eigenvalue weighted by Crippen LogP contribution is -2.11. The Kier molecular flexibility index (Phi) is 6.21. The summed E-state index contributed by atoms with van der Waals surface area (Å²) < 4.78 is 16.6. The molecule has 1 heterocycles. The number of carbonyl (C=O) groups excluding carboxylic acids is 1. The van der Waals surface area contributed by atoms with Crippen molar-refractivity contribution in [2.75, 3.05) is 26.6 Å². The summed E-state index contributed by atoms with van der Waals surface area (Å²) in [4.78, 5) is 18.1. The van der Waals surface area contributed by atoms with E-state index in [0.29, 0.717) is 32.4 Å². The van der Waals surface area contributed by atoms with Crippen molar-refractivity contribution in [1.82, 2.24) is 4.98 Å². The molecule has 0 unspecified atom stereocenters. The fourth-order valence-electron chi connectivity index (χ4n) is 2.67. The average Bonchev–Trinajstić information content (AvgIpc) is 3.06. The van der Waals surface area contributed by atoms with Crippen LogP contribution in [0, 0.1) is 6.92 Å². The Morgan fingerprint density at radius 2 is 1.79 bits per heavy atom. The number of aryl methyl sites for hydroxylation is 1. The number of carbonyl (C=O) groups is 1. The molecule has 3 aromatic rings.